The number of likely N-dealkylation sites (N-methyl/N-ethyl adjacent to an activating group) is 1. The third-order valence-electron chi connectivity index (χ3n) is 4.99. The van der Waals surface area contributed by atoms with Gasteiger partial charge in [0.1, 0.15) is 5.82 Å². The van der Waals surface area contributed by atoms with Crippen molar-refractivity contribution >= 4 is 22.5 Å². The summed E-state index contributed by atoms with van der Waals surface area (Å²) in [7, 11) is 0. The maximum absolute atomic E-state index is 12.8. The highest BCUT2D eigenvalue weighted by molar-refractivity contribution is 5.95. The molecule has 6 nitrogen and oxygen atoms in total. The van der Waals surface area contributed by atoms with Crippen molar-refractivity contribution in [2.24, 2.45) is 0 Å². The van der Waals surface area contributed by atoms with Crippen LogP contribution >= 0.6 is 0 Å². The Morgan fingerprint density at radius 1 is 1.21 bits per heavy atom. The molecule has 3 rings (SSSR count). The van der Waals surface area contributed by atoms with Crippen LogP contribution in [-0.4, -0.2) is 33.4 Å². The number of para-hydroxylation sites is 1. The second kappa shape index (κ2) is 8.35. The summed E-state index contributed by atoms with van der Waals surface area (Å²) >= 11 is 0. The van der Waals surface area contributed by atoms with E-state index in [1.807, 2.05) is 69.0 Å². The largest absolute Gasteiger partial charge is 0.324 e. The van der Waals surface area contributed by atoms with Gasteiger partial charge in [-0.3, -0.25) is 14.5 Å². The molecule has 28 heavy (non-hydrogen) atoms. The minimum absolute atomic E-state index is 0.0862. The number of hydrogen-bond donors (Lipinski definition) is 2. The number of anilines is 1. The quantitative estimate of drug-likeness (QED) is 0.689. The Balaban J connectivity index is 1.77. The lowest BCUT2D eigenvalue weighted by Crippen LogP contribution is -2.42. The third-order valence-corrected chi connectivity index (χ3v) is 4.99. The van der Waals surface area contributed by atoms with Gasteiger partial charge >= 0.3 is 0 Å². The summed E-state index contributed by atoms with van der Waals surface area (Å²) in [4.78, 5) is 34.4. The van der Waals surface area contributed by atoms with Crippen molar-refractivity contribution in [3.63, 3.8) is 0 Å². The zero-order valence-corrected chi connectivity index (χ0v) is 16.7. The number of amides is 1. The van der Waals surface area contributed by atoms with Gasteiger partial charge in [0.2, 0.25) is 5.91 Å². The predicted molar refractivity (Wildman–Crippen MR) is 112 cm³/mol. The van der Waals surface area contributed by atoms with Crippen molar-refractivity contribution in [1.29, 1.82) is 0 Å². The predicted octanol–water partition coefficient (Wildman–Crippen LogP) is 3.39. The van der Waals surface area contributed by atoms with Gasteiger partial charge in [0.15, 0.2) is 0 Å². The first-order valence-corrected chi connectivity index (χ1v) is 9.49. The molecule has 146 valence electrons. The number of carbonyl (C=O) groups is 1. The number of carbonyl (C=O) groups excluding carboxylic acids is 1. The molecule has 0 spiro atoms. The number of fused-ring (bicyclic) bond motifs is 1. The van der Waals surface area contributed by atoms with E-state index in [2.05, 4.69) is 15.3 Å². The number of H-pyrrole nitrogens is 1. The molecule has 0 aliphatic heterocycles. The van der Waals surface area contributed by atoms with E-state index in [4.69, 9.17) is 0 Å². The topological polar surface area (TPSA) is 78.1 Å². The van der Waals surface area contributed by atoms with Crippen molar-refractivity contribution in [1.82, 2.24) is 14.9 Å². The number of hydrogen-bond acceptors (Lipinski definition) is 4. The molecule has 0 saturated carbocycles. The summed E-state index contributed by atoms with van der Waals surface area (Å²) in [5, 5.41) is 3.57. The molecule has 3 aromatic rings. The van der Waals surface area contributed by atoms with Crippen LogP contribution in [0.5, 0.6) is 0 Å². The lowest BCUT2D eigenvalue weighted by molar-refractivity contribution is -0.120. The molecule has 2 N–H and O–H groups in total. The molecule has 0 aliphatic rings. The lowest BCUT2D eigenvalue weighted by atomic mass is 10.1. The van der Waals surface area contributed by atoms with Gasteiger partial charge in [0.25, 0.3) is 5.56 Å². The van der Waals surface area contributed by atoms with Crippen LogP contribution in [0.4, 0.5) is 5.69 Å². The van der Waals surface area contributed by atoms with Crippen molar-refractivity contribution in [2.45, 2.75) is 40.3 Å². The molecule has 1 atom stereocenters. The molecular formula is C22H26N4O2. The number of nitrogens with one attached hydrogen (secondary N) is 2. The molecule has 0 fully saturated rings. The number of aromatic nitrogens is 2. The third kappa shape index (κ3) is 4.28. The maximum Gasteiger partial charge on any atom is 0.258 e. The summed E-state index contributed by atoms with van der Waals surface area (Å²) < 4.78 is 0. The van der Waals surface area contributed by atoms with Crippen LogP contribution in [0.15, 0.2) is 47.3 Å². The molecule has 0 aliphatic carbocycles. The van der Waals surface area contributed by atoms with Crippen LogP contribution in [0.2, 0.25) is 0 Å². The van der Waals surface area contributed by atoms with Crippen LogP contribution in [0.3, 0.4) is 0 Å². The first-order chi connectivity index (χ1) is 13.4. The fourth-order valence-electron chi connectivity index (χ4n) is 3.28. The van der Waals surface area contributed by atoms with E-state index in [-0.39, 0.29) is 17.5 Å². The second-order valence-electron chi connectivity index (χ2n) is 7.08. The van der Waals surface area contributed by atoms with Crippen molar-refractivity contribution in [3.8, 4) is 0 Å². The van der Waals surface area contributed by atoms with E-state index in [1.165, 1.54) is 0 Å². The summed E-state index contributed by atoms with van der Waals surface area (Å²) in [6.45, 7) is 8.89. The molecular weight excluding hydrogens is 352 g/mol. The highest BCUT2D eigenvalue weighted by Gasteiger charge is 2.22. The van der Waals surface area contributed by atoms with Gasteiger partial charge in [0.05, 0.1) is 23.5 Å². The Bertz CT molecular complexity index is 1060. The van der Waals surface area contributed by atoms with Crippen LogP contribution < -0.4 is 10.9 Å². The second-order valence-corrected chi connectivity index (χ2v) is 7.08. The summed E-state index contributed by atoms with van der Waals surface area (Å²) in [6.07, 6.45) is 0. The van der Waals surface area contributed by atoms with Gasteiger partial charge in [-0.25, -0.2) is 4.98 Å². The Labute approximate surface area is 164 Å². The number of rotatable bonds is 6. The van der Waals surface area contributed by atoms with Crippen molar-refractivity contribution in [3.05, 3.63) is 69.8 Å². The van der Waals surface area contributed by atoms with Crippen molar-refractivity contribution in [2.75, 3.05) is 11.9 Å². The zero-order chi connectivity index (χ0) is 20.3. The van der Waals surface area contributed by atoms with Crippen LogP contribution in [0.25, 0.3) is 10.9 Å². The van der Waals surface area contributed by atoms with E-state index < -0.39 is 0 Å². The fourth-order valence-corrected chi connectivity index (χ4v) is 3.28. The van der Waals surface area contributed by atoms with E-state index >= 15 is 0 Å². The SMILES string of the molecule is CCN(Cc1nc2ccccc2c(=O)[nH]1)C(C)C(=O)Nc1ccc(C)cc1C. The number of aryl methyl sites for hydroxylation is 2. The van der Waals surface area contributed by atoms with E-state index in [0.29, 0.717) is 29.8 Å². The molecule has 0 bridgehead atoms. The molecule has 1 aromatic heterocycles. The van der Waals surface area contributed by atoms with Gasteiger partial charge in [0, 0.05) is 5.69 Å². The average Bonchev–Trinajstić information content (AvgIpc) is 2.67. The lowest BCUT2D eigenvalue weighted by Gasteiger charge is -2.26. The zero-order valence-electron chi connectivity index (χ0n) is 16.7. The minimum atomic E-state index is -0.373. The molecule has 6 heteroatoms. The molecule has 1 heterocycles. The molecule has 0 saturated heterocycles. The first-order valence-electron chi connectivity index (χ1n) is 9.49. The smallest absolute Gasteiger partial charge is 0.258 e. The number of aromatic amines is 1. The normalized spacial score (nSPS) is 12.3. The average molecular weight is 378 g/mol. The Kier molecular flexibility index (Phi) is 5.90. The minimum Gasteiger partial charge on any atom is -0.324 e. The van der Waals surface area contributed by atoms with Gasteiger partial charge in [-0.05, 0) is 51.1 Å². The van der Waals surface area contributed by atoms with Gasteiger partial charge < -0.3 is 10.3 Å². The first kappa shape index (κ1) is 19.8. The van der Waals surface area contributed by atoms with E-state index in [0.717, 1.165) is 16.8 Å². The Morgan fingerprint density at radius 2 is 1.96 bits per heavy atom. The highest BCUT2D eigenvalue weighted by Crippen LogP contribution is 2.17. The van der Waals surface area contributed by atoms with Crippen molar-refractivity contribution < 1.29 is 4.79 Å². The van der Waals surface area contributed by atoms with E-state index in [9.17, 15) is 9.59 Å². The van der Waals surface area contributed by atoms with Gasteiger partial charge in [-0.1, -0.05) is 36.8 Å². The van der Waals surface area contributed by atoms with Gasteiger partial charge in [-0.15, -0.1) is 0 Å². The van der Waals surface area contributed by atoms with Crippen LogP contribution in [-0.2, 0) is 11.3 Å². The Hall–Kier alpha value is -2.99. The fraction of sp³-hybridized carbons (Fsp3) is 0.318. The molecule has 2 aromatic carbocycles. The maximum atomic E-state index is 12.8. The van der Waals surface area contributed by atoms with E-state index in [1.54, 1.807) is 6.07 Å². The Morgan fingerprint density at radius 3 is 2.68 bits per heavy atom. The number of benzene rings is 2. The van der Waals surface area contributed by atoms with Crippen LogP contribution in [0, 0.1) is 13.8 Å². The summed E-state index contributed by atoms with van der Waals surface area (Å²) in [5.74, 6) is 0.466. The molecule has 0 radical (unpaired) electrons. The van der Waals surface area contributed by atoms with Crippen LogP contribution in [0.1, 0.15) is 30.8 Å². The monoisotopic (exact) mass is 378 g/mol. The highest BCUT2D eigenvalue weighted by atomic mass is 16.2. The molecule has 1 amide bonds. The number of nitrogens with zero attached hydrogens (tertiary/aromatic N) is 2. The van der Waals surface area contributed by atoms with Gasteiger partial charge in [-0.2, -0.15) is 0 Å². The molecule has 1 unspecified atom stereocenters. The standard InChI is InChI=1S/C22H26N4O2/c1-5-26(13-20-23-19-9-7-6-8-17(19)22(28)25-20)16(4)21(27)24-18-11-10-14(2)12-15(18)3/h6-12,16H,5,13H2,1-4H3,(H,24,27)(H,23,25,28). The summed E-state index contributed by atoms with van der Waals surface area (Å²) in [6, 6.07) is 12.8. The summed E-state index contributed by atoms with van der Waals surface area (Å²) in [5.41, 5.74) is 3.50.